The maximum Gasteiger partial charge on any atom is 0.0624 e. The van der Waals surface area contributed by atoms with Crippen molar-refractivity contribution >= 4 is 11.6 Å². The van der Waals surface area contributed by atoms with E-state index in [4.69, 9.17) is 11.6 Å². The van der Waals surface area contributed by atoms with Gasteiger partial charge in [0.05, 0.1) is 5.69 Å². The third-order valence-electron chi connectivity index (χ3n) is 3.62. The largest absolute Gasteiger partial charge is 0.316 e. The number of likely N-dealkylation sites (N-methyl/N-ethyl adjacent to an activating group) is 1. The molecular formula is C16H22ClN3. The summed E-state index contributed by atoms with van der Waals surface area (Å²) >= 11 is 6.04. The maximum atomic E-state index is 6.04. The molecule has 1 heterocycles. The average molecular weight is 292 g/mol. The van der Waals surface area contributed by atoms with Crippen LogP contribution in [0.3, 0.4) is 0 Å². The van der Waals surface area contributed by atoms with E-state index in [-0.39, 0.29) is 0 Å². The molecule has 0 fully saturated rings. The molecule has 0 aliphatic heterocycles. The van der Waals surface area contributed by atoms with E-state index in [1.165, 1.54) is 11.3 Å². The zero-order chi connectivity index (χ0) is 14.5. The van der Waals surface area contributed by atoms with E-state index in [9.17, 15) is 0 Å². The summed E-state index contributed by atoms with van der Waals surface area (Å²) < 4.78 is 1.99. The molecule has 0 saturated carbocycles. The van der Waals surface area contributed by atoms with Gasteiger partial charge < -0.3 is 5.32 Å². The normalized spacial score (nSPS) is 12.6. The summed E-state index contributed by atoms with van der Waals surface area (Å²) in [4.78, 5) is 0. The molecule has 108 valence electrons. The molecule has 4 heteroatoms. The lowest BCUT2D eigenvalue weighted by Crippen LogP contribution is -2.30. The number of aromatic nitrogens is 2. The number of rotatable bonds is 6. The van der Waals surface area contributed by atoms with Crippen molar-refractivity contribution in [3.8, 4) is 0 Å². The van der Waals surface area contributed by atoms with Gasteiger partial charge in [-0.3, -0.25) is 4.68 Å². The number of hydrogen-bond acceptors (Lipinski definition) is 2. The van der Waals surface area contributed by atoms with Crippen LogP contribution in [-0.2, 0) is 26.3 Å². The summed E-state index contributed by atoms with van der Waals surface area (Å²) in [7, 11) is 4.02. The van der Waals surface area contributed by atoms with Crippen molar-refractivity contribution in [2.45, 2.75) is 32.2 Å². The number of benzene rings is 1. The summed E-state index contributed by atoms with van der Waals surface area (Å²) in [5, 5.41) is 8.69. The molecule has 0 spiro atoms. The highest BCUT2D eigenvalue weighted by molar-refractivity contribution is 6.30. The van der Waals surface area contributed by atoms with Crippen LogP contribution in [0.15, 0.2) is 30.3 Å². The van der Waals surface area contributed by atoms with Crippen LogP contribution < -0.4 is 5.32 Å². The monoisotopic (exact) mass is 291 g/mol. The van der Waals surface area contributed by atoms with Crippen LogP contribution in [0.4, 0.5) is 0 Å². The maximum absolute atomic E-state index is 6.04. The Morgan fingerprint density at radius 3 is 2.70 bits per heavy atom. The smallest absolute Gasteiger partial charge is 0.0624 e. The highest BCUT2D eigenvalue weighted by atomic mass is 35.5. The quantitative estimate of drug-likeness (QED) is 0.887. The first kappa shape index (κ1) is 15.1. The molecule has 3 nitrogen and oxygen atoms in total. The Labute approximate surface area is 126 Å². The lowest BCUT2D eigenvalue weighted by molar-refractivity contribution is 0.533. The highest BCUT2D eigenvalue weighted by Gasteiger charge is 2.12. The lowest BCUT2D eigenvalue weighted by Gasteiger charge is -2.16. The Morgan fingerprint density at radius 2 is 2.10 bits per heavy atom. The summed E-state index contributed by atoms with van der Waals surface area (Å²) in [6.45, 7) is 2.13. The van der Waals surface area contributed by atoms with E-state index in [2.05, 4.69) is 29.5 Å². The Hall–Kier alpha value is -1.32. The molecule has 2 rings (SSSR count). The molecule has 0 saturated heterocycles. The lowest BCUT2D eigenvalue weighted by atomic mass is 10.0. The van der Waals surface area contributed by atoms with Crippen LogP contribution in [0.1, 0.15) is 23.9 Å². The van der Waals surface area contributed by atoms with Gasteiger partial charge in [0, 0.05) is 30.2 Å². The van der Waals surface area contributed by atoms with Crippen molar-refractivity contribution < 1.29 is 0 Å². The Bertz CT molecular complexity index is 563. The second-order valence-corrected chi connectivity index (χ2v) is 5.56. The molecule has 20 heavy (non-hydrogen) atoms. The van der Waals surface area contributed by atoms with Crippen LogP contribution in [0, 0.1) is 0 Å². The fourth-order valence-electron chi connectivity index (χ4n) is 2.41. The van der Waals surface area contributed by atoms with Crippen molar-refractivity contribution in [1.82, 2.24) is 15.1 Å². The Kier molecular flexibility index (Phi) is 5.21. The van der Waals surface area contributed by atoms with E-state index in [0.717, 1.165) is 30.0 Å². The van der Waals surface area contributed by atoms with E-state index in [0.29, 0.717) is 6.04 Å². The van der Waals surface area contributed by atoms with Gasteiger partial charge in [-0.2, -0.15) is 5.10 Å². The van der Waals surface area contributed by atoms with E-state index in [1.54, 1.807) is 0 Å². The van der Waals surface area contributed by atoms with Gasteiger partial charge in [0.1, 0.15) is 0 Å². The average Bonchev–Trinajstić information content (AvgIpc) is 2.78. The molecule has 1 N–H and O–H groups in total. The van der Waals surface area contributed by atoms with Gasteiger partial charge in [-0.25, -0.2) is 0 Å². The van der Waals surface area contributed by atoms with Gasteiger partial charge in [0.25, 0.3) is 0 Å². The van der Waals surface area contributed by atoms with Gasteiger partial charge >= 0.3 is 0 Å². The van der Waals surface area contributed by atoms with Crippen molar-refractivity contribution in [1.29, 1.82) is 0 Å². The molecule has 0 amide bonds. The first-order valence-electron chi connectivity index (χ1n) is 7.06. The molecule has 2 aromatic rings. The zero-order valence-corrected chi connectivity index (χ0v) is 13.1. The summed E-state index contributed by atoms with van der Waals surface area (Å²) in [6, 6.07) is 10.7. The fraction of sp³-hybridized carbons (Fsp3) is 0.438. The van der Waals surface area contributed by atoms with Crippen LogP contribution in [0.2, 0.25) is 5.02 Å². The van der Waals surface area contributed by atoms with Gasteiger partial charge in [0.2, 0.25) is 0 Å². The predicted molar refractivity (Wildman–Crippen MR) is 84.3 cm³/mol. The molecule has 1 atom stereocenters. The molecule has 0 bridgehead atoms. The number of nitrogens with one attached hydrogen (secondary N) is 1. The number of nitrogens with zero attached hydrogens (tertiary/aromatic N) is 2. The molecule has 1 unspecified atom stereocenters. The second-order valence-electron chi connectivity index (χ2n) is 5.13. The topological polar surface area (TPSA) is 29.9 Å². The van der Waals surface area contributed by atoms with Crippen LogP contribution in [-0.4, -0.2) is 22.9 Å². The van der Waals surface area contributed by atoms with Crippen LogP contribution in [0.25, 0.3) is 0 Å². The number of aryl methyl sites for hydroxylation is 2. The van der Waals surface area contributed by atoms with Crippen molar-refractivity contribution in [3.05, 3.63) is 52.3 Å². The molecule has 0 radical (unpaired) electrons. The van der Waals surface area contributed by atoms with E-state index in [1.807, 2.05) is 37.0 Å². The Morgan fingerprint density at radius 1 is 1.30 bits per heavy atom. The summed E-state index contributed by atoms with van der Waals surface area (Å²) in [5.74, 6) is 0. The molecule has 0 aliphatic rings. The first-order valence-corrected chi connectivity index (χ1v) is 7.43. The minimum atomic E-state index is 0.383. The number of hydrogen-bond donors (Lipinski definition) is 1. The molecule has 1 aromatic heterocycles. The van der Waals surface area contributed by atoms with Crippen molar-refractivity contribution in [3.63, 3.8) is 0 Å². The van der Waals surface area contributed by atoms with Gasteiger partial charge in [-0.05, 0) is 43.7 Å². The molecule has 1 aromatic carbocycles. The van der Waals surface area contributed by atoms with Crippen molar-refractivity contribution in [2.24, 2.45) is 7.05 Å². The van der Waals surface area contributed by atoms with E-state index >= 15 is 0 Å². The third kappa shape index (κ3) is 3.84. The van der Waals surface area contributed by atoms with Gasteiger partial charge in [-0.1, -0.05) is 30.7 Å². The van der Waals surface area contributed by atoms with E-state index < -0.39 is 0 Å². The third-order valence-corrected chi connectivity index (χ3v) is 3.86. The molecule has 0 aliphatic carbocycles. The first-order chi connectivity index (χ1) is 9.62. The summed E-state index contributed by atoms with van der Waals surface area (Å²) in [5.41, 5.74) is 3.68. The fourth-order valence-corrected chi connectivity index (χ4v) is 2.63. The standard InChI is InChI=1S/C16H22ClN3/c1-4-14-10-16(20(3)19-14)11-15(18-2)9-12-6-5-7-13(17)8-12/h5-8,10,15,18H,4,9,11H2,1-3H3. The Balaban J connectivity index is 2.06. The predicted octanol–water partition coefficient (Wildman–Crippen LogP) is 3.01. The molecular weight excluding hydrogens is 270 g/mol. The van der Waals surface area contributed by atoms with Crippen LogP contribution in [0.5, 0.6) is 0 Å². The van der Waals surface area contributed by atoms with Crippen molar-refractivity contribution in [2.75, 3.05) is 7.05 Å². The minimum Gasteiger partial charge on any atom is -0.316 e. The van der Waals surface area contributed by atoms with Gasteiger partial charge in [-0.15, -0.1) is 0 Å². The zero-order valence-electron chi connectivity index (χ0n) is 12.4. The summed E-state index contributed by atoms with van der Waals surface area (Å²) in [6.07, 6.45) is 2.91. The minimum absolute atomic E-state index is 0.383. The highest BCUT2D eigenvalue weighted by Crippen LogP contribution is 2.14. The van der Waals surface area contributed by atoms with Gasteiger partial charge in [0.15, 0.2) is 0 Å². The SMILES string of the molecule is CCc1cc(CC(Cc2cccc(Cl)c2)NC)n(C)n1. The second kappa shape index (κ2) is 6.91. The van der Waals surface area contributed by atoms with Crippen LogP contribution >= 0.6 is 11.6 Å². The number of halogens is 1.